The molecule has 0 radical (unpaired) electrons. The molecule has 0 bridgehead atoms. The third-order valence-electron chi connectivity index (χ3n) is 0.765. The van der Waals surface area contributed by atoms with Crippen LogP contribution in [0.1, 0.15) is 0 Å². The zero-order valence-corrected chi connectivity index (χ0v) is 9.44. The predicted molar refractivity (Wildman–Crippen MR) is 52.8 cm³/mol. The second-order valence-corrected chi connectivity index (χ2v) is 4.30. The smallest absolute Gasteiger partial charge is 0.318 e. The van der Waals surface area contributed by atoms with Crippen molar-refractivity contribution in [1.29, 1.82) is 0 Å². The molecule has 0 saturated carbocycles. The van der Waals surface area contributed by atoms with Gasteiger partial charge in [-0.15, -0.1) is 0 Å². The van der Waals surface area contributed by atoms with Crippen LogP contribution in [0.4, 0.5) is 4.79 Å². The molecule has 0 aromatic rings. The topological polar surface area (TPSA) is 46.6 Å². The Balaban J connectivity index is 0. The summed E-state index contributed by atoms with van der Waals surface area (Å²) in [7, 11) is 6.90. The number of hydrogen-bond acceptors (Lipinski definition) is 2. The van der Waals surface area contributed by atoms with Gasteiger partial charge in [0.2, 0.25) is 0 Å². The van der Waals surface area contributed by atoms with Gasteiger partial charge in [0.15, 0.2) is 0 Å². The van der Waals surface area contributed by atoms with Gasteiger partial charge in [-0.25, -0.2) is 4.79 Å². The van der Waals surface area contributed by atoms with Gasteiger partial charge in [-0.05, 0) is 0 Å². The molecule has 0 aromatic carbocycles. The Morgan fingerprint density at radius 1 is 1.08 bits per heavy atom. The summed E-state index contributed by atoms with van der Waals surface area (Å²) in [5.74, 6) is 0. The van der Waals surface area contributed by atoms with Crippen LogP contribution in [-0.2, 0) is 11.2 Å². The molecule has 12 heavy (non-hydrogen) atoms. The first-order valence-electron chi connectivity index (χ1n) is 3.42. The van der Waals surface area contributed by atoms with E-state index in [9.17, 15) is 9.35 Å². The number of carbonyl (C=O) groups is 1. The van der Waals surface area contributed by atoms with Gasteiger partial charge in [0.05, 0.1) is 12.5 Å². The standard InChI is InChI=1S/C5H12N2O.C2H6OS/c1-6(2)5(8)7(3)4;1-4(2)3/h1-4H3;1-2H3. The molecule has 0 unspecified atom stereocenters. The lowest BCUT2D eigenvalue weighted by Gasteiger charge is -2.16. The van der Waals surface area contributed by atoms with Crippen molar-refractivity contribution in [3.8, 4) is 0 Å². The summed E-state index contributed by atoms with van der Waals surface area (Å²) in [5.41, 5.74) is 0. The number of rotatable bonds is 0. The van der Waals surface area contributed by atoms with Gasteiger partial charge in [-0.2, -0.15) is 0 Å². The lowest BCUT2D eigenvalue weighted by Crippen LogP contribution is -2.33. The zero-order chi connectivity index (χ0) is 10.3. The second kappa shape index (κ2) is 7.24. The molecule has 0 heterocycles. The Morgan fingerprint density at radius 3 is 1.25 bits per heavy atom. The number of nitrogens with zero attached hydrogens (tertiary/aromatic N) is 2. The molecule has 0 aromatic heterocycles. The molecule has 74 valence electrons. The van der Waals surface area contributed by atoms with Crippen LogP contribution in [0.15, 0.2) is 0 Å². The molecule has 0 fully saturated rings. The Kier molecular flexibility index (Phi) is 8.52. The van der Waals surface area contributed by atoms with Crippen molar-refractivity contribution in [3.63, 3.8) is 0 Å². The maximum atomic E-state index is 10.7. The maximum Gasteiger partial charge on any atom is 0.318 e. The second-order valence-electron chi connectivity index (χ2n) is 2.81. The van der Waals surface area contributed by atoms with Crippen molar-refractivity contribution in [2.75, 3.05) is 40.7 Å². The van der Waals surface area contributed by atoms with E-state index in [2.05, 4.69) is 0 Å². The number of hydrogen-bond donors (Lipinski definition) is 0. The summed E-state index contributed by atoms with van der Waals surface area (Å²) in [4.78, 5) is 13.8. The predicted octanol–water partition coefficient (Wildman–Crippen LogP) is 0.224. The zero-order valence-electron chi connectivity index (χ0n) is 8.62. The van der Waals surface area contributed by atoms with Crippen LogP contribution in [0, 0.1) is 0 Å². The van der Waals surface area contributed by atoms with Gasteiger partial charge in [-0.1, -0.05) is 11.2 Å². The third-order valence-corrected chi connectivity index (χ3v) is 0.765. The van der Waals surface area contributed by atoms with Gasteiger partial charge < -0.3 is 14.4 Å². The van der Waals surface area contributed by atoms with Crippen molar-refractivity contribution in [1.82, 2.24) is 9.80 Å². The first-order valence-corrected chi connectivity index (χ1v) is 5.39. The number of carbonyl (C=O) groups excluding carboxylic acids is 1. The van der Waals surface area contributed by atoms with Crippen LogP contribution in [0.5, 0.6) is 0 Å². The van der Waals surface area contributed by atoms with Crippen molar-refractivity contribution in [2.45, 2.75) is 0 Å². The highest BCUT2D eigenvalue weighted by molar-refractivity contribution is 7.89. The molecule has 0 rings (SSSR count). The summed E-state index contributed by atoms with van der Waals surface area (Å²) in [5, 5.41) is 0. The summed E-state index contributed by atoms with van der Waals surface area (Å²) in [6, 6.07) is 0.0185. The average molecular weight is 194 g/mol. The quantitative estimate of drug-likeness (QED) is 0.518. The van der Waals surface area contributed by atoms with Crippen LogP contribution in [-0.4, -0.2) is 61.1 Å². The Bertz CT molecular complexity index is 114. The molecular formula is C7H18N2O2S. The van der Waals surface area contributed by atoms with E-state index >= 15 is 0 Å². The van der Waals surface area contributed by atoms with Crippen LogP contribution in [0.25, 0.3) is 0 Å². The number of urea groups is 1. The fourth-order valence-electron chi connectivity index (χ4n) is 0.400. The fraction of sp³-hybridized carbons (Fsp3) is 0.857. The highest BCUT2D eigenvalue weighted by Gasteiger charge is 2.02. The Hall–Kier alpha value is -0.420. The molecule has 4 nitrogen and oxygen atoms in total. The summed E-state index contributed by atoms with van der Waals surface area (Å²) in [6.45, 7) is 0. The van der Waals surface area contributed by atoms with E-state index in [1.165, 1.54) is 9.80 Å². The van der Waals surface area contributed by atoms with Crippen LogP contribution in [0.2, 0.25) is 0 Å². The van der Waals surface area contributed by atoms with Gasteiger partial charge in [-0.3, -0.25) is 0 Å². The van der Waals surface area contributed by atoms with E-state index < -0.39 is 11.2 Å². The molecule has 0 atom stereocenters. The minimum atomic E-state index is -0.611. The van der Waals surface area contributed by atoms with Gasteiger partial charge >= 0.3 is 6.03 Å². The molecule has 2 amide bonds. The summed E-state index contributed by atoms with van der Waals surface area (Å²) < 4.78 is 9.56. The summed E-state index contributed by atoms with van der Waals surface area (Å²) in [6.07, 6.45) is 3.28. The molecule has 0 aliphatic rings. The van der Waals surface area contributed by atoms with E-state index in [1.54, 1.807) is 40.7 Å². The first-order chi connectivity index (χ1) is 5.29. The number of amides is 2. The van der Waals surface area contributed by atoms with E-state index in [1.807, 2.05) is 0 Å². The van der Waals surface area contributed by atoms with E-state index in [0.717, 1.165) is 0 Å². The van der Waals surface area contributed by atoms with Crippen molar-refractivity contribution < 1.29 is 9.35 Å². The van der Waals surface area contributed by atoms with Crippen molar-refractivity contribution >= 4 is 17.2 Å². The summed E-state index contributed by atoms with van der Waals surface area (Å²) >= 11 is -0.611. The Morgan fingerprint density at radius 2 is 1.25 bits per heavy atom. The Labute approximate surface area is 77.7 Å². The van der Waals surface area contributed by atoms with E-state index in [0.29, 0.717) is 0 Å². The largest absolute Gasteiger partial charge is 0.617 e. The van der Waals surface area contributed by atoms with E-state index in [4.69, 9.17) is 0 Å². The molecule has 0 aliphatic carbocycles. The van der Waals surface area contributed by atoms with Crippen molar-refractivity contribution in [3.05, 3.63) is 0 Å². The molecule has 5 heteroatoms. The molecule has 0 N–H and O–H groups in total. The maximum absolute atomic E-state index is 10.7. The highest BCUT2D eigenvalue weighted by Crippen LogP contribution is 1.83. The fourth-order valence-corrected chi connectivity index (χ4v) is 0.400. The minimum absolute atomic E-state index is 0.0185. The first kappa shape index (κ1) is 14.1. The lowest BCUT2D eigenvalue weighted by molar-refractivity contribution is 0.191. The SMILES string of the molecule is CN(C)C(=O)N(C)C.C[S+](C)[O-]. The molecule has 0 saturated heterocycles. The minimum Gasteiger partial charge on any atom is -0.617 e. The molecule has 0 aliphatic heterocycles. The van der Waals surface area contributed by atoms with E-state index in [-0.39, 0.29) is 6.03 Å². The van der Waals surface area contributed by atoms with Crippen molar-refractivity contribution in [2.24, 2.45) is 0 Å². The van der Waals surface area contributed by atoms with Crippen LogP contribution >= 0.6 is 0 Å². The lowest BCUT2D eigenvalue weighted by atomic mass is 10.7. The molecular weight excluding hydrogens is 176 g/mol. The monoisotopic (exact) mass is 194 g/mol. The van der Waals surface area contributed by atoms with Crippen LogP contribution < -0.4 is 0 Å². The van der Waals surface area contributed by atoms with Gasteiger partial charge in [0, 0.05) is 28.2 Å². The van der Waals surface area contributed by atoms with Gasteiger partial charge in [0.1, 0.15) is 0 Å². The van der Waals surface area contributed by atoms with Gasteiger partial charge in [0.25, 0.3) is 0 Å². The normalized spacial score (nSPS) is 8.67. The van der Waals surface area contributed by atoms with Crippen LogP contribution in [0.3, 0.4) is 0 Å². The highest BCUT2D eigenvalue weighted by atomic mass is 32.2. The average Bonchev–Trinajstić information content (AvgIpc) is 1.84. The third kappa shape index (κ3) is 12.3. The molecule has 0 spiro atoms.